The zero-order valence-corrected chi connectivity index (χ0v) is 19.7. The Morgan fingerprint density at radius 1 is 1.00 bits per heavy atom. The molecule has 32 heavy (non-hydrogen) atoms. The van der Waals surface area contributed by atoms with Crippen LogP contribution in [0.3, 0.4) is 0 Å². The van der Waals surface area contributed by atoms with E-state index < -0.39 is 0 Å². The second-order valence-corrected chi connectivity index (χ2v) is 8.99. The van der Waals surface area contributed by atoms with Crippen LogP contribution in [-0.2, 0) is 6.54 Å². The maximum atomic E-state index is 13.3. The SMILES string of the molecule is CC(C)Oc1c(N2CCN(Cc3cc(Cl)cc(Cl)c3)CC2)cnn(-c2ccccc2)c1=O. The highest BCUT2D eigenvalue weighted by molar-refractivity contribution is 6.34. The number of hydrogen-bond acceptors (Lipinski definition) is 5. The lowest BCUT2D eigenvalue weighted by atomic mass is 10.2. The molecule has 0 atom stereocenters. The number of rotatable bonds is 6. The molecule has 1 aliphatic heterocycles. The quantitative estimate of drug-likeness (QED) is 0.522. The van der Waals surface area contributed by atoms with Crippen LogP contribution in [0.2, 0.25) is 10.0 Å². The van der Waals surface area contributed by atoms with E-state index in [-0.39, 0.29) is 11.7 Å². The van der Waals surface area contributed by atoms with Gasteiger partial charge < -0.3 is 9.64 Å². The standard InChI is InChI=1S/C24H26Cl2N4O2/c1-17(2)32-23-22(15-27-30(24(23)31)21-6-4-3-5-7-21)29-10-8-28(9-11-29)16-18-12-19(25)14-20(26)13-18/h3-7,12-15,17H,8-11,16H2,1-2H3. The van der Waals surface area contributed by atoms with E-state index >= 15 is 0 Å². The van der Waals surface area contributed by atoms with E-state index in [0.717, 1.165) is 44.0 Å². The van der Waals surface area contributed by atoms with Crippen molar-refractivity contribution < 1.29 is 4.74 Å². The summed E-state index contributed by atoms with van der Waals surface area (Å²) >= 11 is 12.3. The molecule has 0 saturated carbocycles. The third-order valence-electron chi connectivity index (χ3n) is 5.31. The van der Waals surface area contributed by atoms with Gasteiger partial charge in [0.15, 0.2) is 0 Å². The van der Waals surface area contributed by atoms with Gasteiger partial charge in [-0.25, -0.2) is 0 Å². The van der Waals surface area contributed by atoms with Crippen molar-refractivity contribution in [3.8, 4) is 11.4 Å². The summed E-state index contributed by atoms with van der Waals surface area (Å²) in [7, 11) is 0. The van der Waals surface area contributed by atoms with Gasteiger partial charge in [0.1, 0.15) is 5.69 Å². The van der Waals surface area contributed by atoms with Crippen LogP contribution in [0, 0.1) is 0 Å². The summed E-state index contributed by atoms with van der Waals surface area (Å²) in [6.07, 6.45) is 1.61. The van der Waals surface area contributed by atoms with Crippen LogP contribution in [0.5, 0.6) is 5.75 Å². The maximum absolute atomic E-state index is 13.3. The van der Waals surface area contributed by atoms with Gasteiger partial charge in [-0.2, -0.15) is 9.78 Å². The molecule has 2 heterocycles. The van der Waals surface area contributed by atoms with Crippen molar-refractivity contribution in [1.82, 2.24) is 14.7 Å². The van der Waals surface area contributed by atoms with Crippen molar-refractivity contribution >= 4 is 28.9 Å². The summed E-state index contributed by atoms with van der Waals surface area (Å²) in [6.45, 7) is 7.82. The van der Waals surface area contributed by atoms with Gasteiger partial charge >= 0.3 is 5.56 Å². The molecule has 3 aromatic rings. The number of aromatic nitrogens is 2. The lowest BCUT2D eigenvalue weighted by molar-refractivity contribution is 0.231. The minimum absolute atomic E-state index is 0.123. The van der Waals surface area contributed by atoms with E-state index in [4.69, 9.17) is 27.9 Å². The predicted molar refractivity (Wildman–Crippen MR) is 130 cm³/mol. The second-order valence-electron chi connectivity index (χ2n) is 8.12. The molecule has 0 amide bonds. The Morgan fingerprint density at radius 2 is 1.66 bits per heavy atom. The maximum Gasteiger partial charge on any atom is 0.316 e. The van der Waals surface area contributed by atoms with Crippen LogP contribution in [0.4, 0.5) is 5.69 Å². The van der Waals surface area contributed by atoms with E-state index in [2.05, 4.69) is 14.9 Å². The normalized spacial score (nSPS) is 14.7. The summed E-state index contributed by atoms with van der Waals surface area (Å²) in [5, 5.41) is 5.73. The van der Waals surface area contributed by atoms with E-state index in [1.54, 1.807) is 12.3 Å². The van der Waals surface area contributed by atoms with Gasteiger partial charge in [0.05, 0.1) is 18.0 Å². The molecule has 1 saturated heterocycles. The van der Waals surface area contributed by atoms with Crippen LogP contribution in [-0.4, -0.2) is 47.0 Å². The highest BCUT2D eigenvalue weighted by Crippen LogP contribution is 2.27. The number of para-hydroxylation sites is 1. The predicted octanol–water partition coefficient (Wildman–Crippen LogP) is 4.65. The number of anilines is 1. The van der Waals surface area contributed by atoms with Gasteiger partial charge in [-0.05, 0) is 49.7 Å². The molecule has 8 heteroatoms. The summed E-state index contributed by atoms with van der Waals surface area (Å²) < 4.78 is 7.37. The van der Waals surface area contributed by atoms with E-state index in [9.17, 15) is 4.79 Å². The molecule has 1 aliphatic rings. The third-order valence-corrected chi connectivity index (χ3v) is 5.75. The van der Waals surface area contributed by atoms with Crippen molar-refractivity contribution in [3.05, 3.63) is 80.7 Å². The first-order valence-corrected chi connectivity index (χ1v) is 11.4. The monoisotopic (exact) mass is 472 g/mol. The molecule has 0 N–H and O–H groups in total. The first-order chi connectivity index (χ1) is 15.4. The van der Waals surface area contributed by atoms with Crippen molar-refractivity contribution in [1.29, 1.82) is 0 Å². The largest absolute Gasteiger partial charge is 0.483 e. The van der Waals surface area contributed by atoms with Crippen molar-refractivity contribution in [2.24, 2.45) is 0 Å². The molecule has 0 aliphatic carbocycles. The number of piperazine rings is 1. The molecule has 0 spiro atoms. The van der Waals surface area contributed by atoms with Crippen molar-refractivity contribution in [2.75, 3.05) is 31.1 Å². The fourth-order valence-electron chi connectivity index (χ4n) is 3.86. The zero-order chi connectivity index (χ0) is 22.7. The topological polar surface area (TPSA) is 50.6 Å². The molecule has 1 aromatic heterocycles. The van der Waals surface area contributed by atoms with Crippen LogP contribution < -0.4 is 15.2 Å². The lowest BCUT2D eigenvalue weighted by Gasteiger charge is -2.36. The Bertz CT molecular complexity index is 1110. The Hall–Kier alpha value is -2.54. The van der Waals surface area contributed by atoms with Gasteiger partial charge in [0, 0.05) is 42.8 Å². The number of halogens is 2. The smallest absolute Gasteiger partial charge is 0.316 e. The Balaban J connectivity index is 1.53. The number of benzene rings is 2. The van der Waals surface area contributed by atoms with Gasteiger partial charge in [0.2, 0.25) is 5.75 Å². The molecule has 168 valence electrons. The van der Waals surface area contributed by atoms with Gasteiger partial charge in [-0.3, -0.25) is 9.69 Å². The Labute approximate surface area is 197 Å². The first-order valence-electron chi connectivity index (χ1n) is 10.7. The van der Waals surface area contributed by atoms with Crippen LogP contribution >= 0.6 is 23.2 Å². The van der Waals surface area contributed by atoms with Crippen LogP contribution in [0.25, 0.3) is 5.69 Å². The molecule has 1 fully saturated rings. The van der Waals surface area contributed by atoms with Gasteiger partial charge in [0.25, 0.3) is 0 Å². The molecule has 6 nitrogen and oxygen atoms in total. The molecule has 0 bridgehead atoms. The van der Waals surface area contributed by atoms with Crippen LogP contribution in [0.15, 0.2) is 59.5 Å². The lowest BCUT2D eigenvalue weighted by Crippen LogP contribution is -2.46. The molecular weight excluding hydrogens is 447 g/mol. The fourth-order valence-corrected chi connectivity index (χ4v) is 4.43. The summed E-state index contributed by atoms with van der Waals surface area (Å²) in [6, 6.07) is 15.0. The minimum Gasteiger partial charge on any atom is -0.483 e. The van der Waals surface area contributed by atoms with Gasteiger partial charge in [-0.15, -0.1) is 0 Å². The highest BCUT2D eigenvalue weighted by Gasteiger charge is 2.24. The molecule has 0 radical (unpaired) electrons. The second kappa shape index (κ2) is 9.94. The third kappa shape index (κ3) is 5.26. The zero-order valence-electron chi connectivity index (χ0n) is 18.2. The summed E-state index contributed by atoms with van der Waals surface area (Å²) in [4.78, 5) is 17.8. The fraction of sp³-hybridized carbons (Fsp3) is 0.333. The average molecular weight is 473 g/mol. The highest BCUT2D eigenvalue weighted by atomic mass is 35.5. The van der Waals surface area contributed by atoms with E-state index in [1.165, 1.54) is 4.68 Å². The Morgan fingerprint density at radius 3 is 2.28 bits per heavy atom. The molecule has 4 rings (SSSR count). The molecule has 0 unspecified atom stereocenters. The minimum atomic E-state index is -0.251. The molecular formula is C24H26Cl2N4O2. The van der Waals surface area contributed by atoms with Crippen LogP contribution in [0.1, 0.15) is 19.4 Å². The van der Waals surface area contributed by atoms with Crippen molar-refractivity contribution in [2.45, 2.75) is 26.5 Å². The van der Waals surface area contributed by atoms with Crippen molar-refractivity contribution in [3.63, 3.8) is 0 Å². The number of ether oxygens (including phenoxy) is 1. The van der Waals surface area contributed by atoms with E-state index in [0.29, 0.717) is 21.5 Å². The summed E-state index contributed by atoms with van der Waals surface area (Å²) in [5.41, 5.74) is 2.29. The van der Waals surface area contributed by atoms with E-state index in [1.807, 2.05) is 56.3 Å². The average Bonchev–Trinajstić information content (AvgIpc) is 2.75. The molecule has 2 aromatic carbocycles. The van der Waals surface area contributed by atoms with Gasteiger partial charge in [-0.1, -0.05) is 41.4 Å². The number of nitrogens with zero attached hydrogens (tertiary/aromatic N) is 4. The first kappa shape index (κ1) is 22.6. The number of hydrogen-bond donors (Lipinski definition) is 0. The Kier molecular flexibility index (Phi) is 7.04. The summed E-state index contributed by atoms with van der Waals surface area (Å²) in [5.74, 6) is 0.342.